The molecule has 0 saturated heterocycles. The highest BCUT2D eigenvalue weighted by molar-refractivity contribution is 9.10. The van der Waals surface area contributed by atoms with Crippen molar-refractivity contribution >= 4 is 27.0 Å². The first-order chi connectivity index (χ1) is 9.74. The molecule has 1 aliphatic rings. The number of aryl methyl sites for hydroxylation is 1. The van der Waals surface area contributed by atoms with Crippen molar-refractivity contribution in [3.05, 3.63) is 35.0 Å². The highest BCUT2D eigenvalue weighted by Crippen LogP contribution is 2.32. The Morgan fingerprint density at radius 3 is 3.05 bits per heavy atom. The number of hydrogen-bond donors (Lipinski definition) is 0. The minimum Gasteiger partial charge on any atom is -0.334 e. The van der Waals surface area contributed by atoms with Crippen molar-refractivity contribution in [2.75, 3.05) is 0 Å². The molecule has 4 rings (SSSR count). The summed E-state index contributed by atoms with van der Waals surface area (Å²) < 4.78 is 5.28. The topological polar surface area (TPSA) is 35.6 Å². The fraction of sp³-hybridized carbons (Fsp3) is 0.333. The molecular weight excluding hydrogens is 316 g/mol. The van der Waals surface area contributed by atoms with E-state index in [1.165, 1.54) is 18.5 Å². The number of rotatable bonds is 1. The summed E-state index contributed by atoms with van der Waals surface area (Å²) >= 11 is 3.59. The molecule has 5 heteroatoms. The van der Waals surface area contributed by atoms with E-state index < -0.39 is 0 Å². The summed E-state index contributed by atoms with van der Waals surface area (Å²) in [7, 11) is 2.02. The van der Waals surface area contributed by atoms with Crippen LogP contribution in [0.4, 0.5) is 0 Å². The average Bonchev–Trinajstić information content (AvgIpc) is 3.01. The van der Waals surface area contributed by atoms with Crippen LogP contribution in [0.3, 0.4) is 0 Å². The number of halogens is 1. The SMILES string of the molecule is Cn1cnc2cc(-c3nc(Br)n4c3CCCC4)ccc21. The van der Waals surface area contributed by atoms with Gasteiger partial charge < -0.3 is 9.13 Å². The molecule has 3 heterocycles. The monoisotopic (exact) mass is 330 g/mol. The number of imidazole rings is 2. The van der Waals surface area contributed by atoms with Gasteiger partial charge in [0, 0.05) is 24.8 Å². The lowest BCUT2D eigenvalue weighted by Crippen LogP contribution is -2.10. The van der Waals surface area contributed by atoms with Gasteiger partial charge in [0.15, 0.2) is 4.73 Å². The van der Waals surface area contributed by atoms with Crippen LogP contribution >= 0.6 is 15.9 Å². The zero-order valence-electron chi connectivity index (χ0n) is 11.3. The molecule has 0 aliphatic carbocycles. The lowest BCUT2D eigenvalue weighted by atomic mass is 10.0. The van der Waals surface area contributed by atoms with E-state index in [-0.39, 0.29) is 0 Å². The molecule has 0 radical (unpaired) electrons. The number of benzene rings is 1. The largest absolute Gasteiger partial charge is 0.334 e. The van der Waals surface area contributed by atoms with E-state index in [2.05, 4.69) is 43.7 Å². The Bertz CT molecular complexity index is 800. The van der Waals surface area contributed by atoms with E-state index in [1.54, 1.807) is 0 Å². The molecule has 0 saturated carbocycles. The molecule has 4 nitrogen and oxygen atoms in total. The Kier molecular flexibility index (Phi) is 2.70. The van der Waals surface area contributed by atoms with Gasteiger partial charge in [-0.15, -0.1) is 0 Å². The van der Waals surface area contributed by atoms with Crippen LogP contribution in [0.2, 0.25) is 0 Å². The maximum absolute atomic E-state index is 4.72. The Morgan fingerprint density at radius 1 is 1.25 bits per heavy atom. The van der Waals surface area contributed by atoms with Crippen molar-refractivity contribution in [3.63, 3.8) is 0 Å². The van der Waals surface area contributed by atoms with Gasteiger partial charge in [-0.05, 0) is 47.3 Å². The molecule has 20 heavy (non-hydrogen) atoms. The van der Waals surface area contributed by atoms with Crippen LogP contribution in [0, 0.1) is 0 Å². The fourth-order valence-corrected chi connectivity index (χ4v) is 3.58. The van der Waals surface area contributed by atoms with Crippen LogP contribution in [0.1, 0.15) is 18.5 Å². The summed E-state index contributed by atoms with van der Waals surface area (Å²) in [5.41, 5.74) is 5.79. The van der Waals surface area contributed by atoms with Crippen LogP contribution in [0.5, 0.6) is 0 Å². The van der Waals surface area contributed by atoms with Crippen LogP contribution in [-0.2, 0) is 20.0 Å². The molecule has 102 valence electrons. The van der Waals surface area contributed by atoms with E-state index in [4.69, 9.17) is 4.98 Å². The lowest BCUT2D eigenvalue weighted by Gasteiger charge is -2.15. The van der Waals surface area contributed by atoms with Crippen molar-refractivity contribution in [1.29, 1.82) is 0 Å². The highest BCUT2D eigenvalue weighted by Gasteiger charge is 2.20. The Morgan fingerprint density at radius 2 is 2.15 bits per heavy atom. The van der Waals surface area contributed by atoms with Gasteiger partial charge in [0.25, 0.3) is 0 Å². The molecule has 3 aromatic rings. The Labute approximate surface area is 125 Å². The van der Waals surface area contributed by atoms with Crippen LogP contribution < -0.4 is 0 Å². The predicted octanol–water partition coefficient (Wildman–Crippen LogP) is 3.54. The van der Waals surface area contributed by atoms with E-state index >= 15 is 0 Å². The summed E-state index contributed by atoms with van der Waals surface area (Å²) in [4.78, 5) is 9.16. The summed E-state index contributed by atoms with van der Waals surface area (Å²) in [6, 6.07) is 6.41. The van der Waals surface area contributed by atoms with E-state index in [1.807, 2.05) is 17.9 Å². The maximum atomic E-state index is 4.72. The number of aromatic nitrogens is 4. The molecule has 0 atom stereocenters. The molecule has 2 aromatic heterocycles. The number of nitrogens with zero attached hydrogens (tertiary/aromatic N) is 4. The molecule has 0 spiro atoms. The second-order valence-electron chi connectivity index (χ2n) is 5.34. The smallest absolute Gasteiger partial charge is 0.177 e. The first-order valence-corrected chi connectivity index (χ1v) is 7.70. The van der Waals surface area contributed by atoms with Crippen molar-refractivity contribution in [1.82, 2.24) is 19.1 Å². The molecule has 1 aliphatic heterocycles. The zero-order valence-corrected chi connectivity index (χ0v) is 12.9. The fourth-order valence-electron chi connectivity index (χ4n) is 3.01. The van der Waals surface area contributed by atoms with E-state index in [0.717, 1.165) is 40.0 Å². The average molecular weight is 331 g/mol. The van der Waals surface area contributed by atoms with Crippen LogP contribution in [-0.4, -0.2) is 19.1 Å². The Balaban J connectivity index is 1.90. The second-order valence-corrected chi connectivity index (χ2v) is 6.05. The number of fused-ring (bicyclic) bond motifs is 2. The van der Waals surface area contributed by atoms with Crippen LogP contribution in [0.15, 0.2) is 29.3 Å². The molecular formula is C15H15BrN4. The summed E-state index contributed by atoms with van der Waals surface area (Å²) in [6.45, 7) is 1.06. The van der Waals surface area contributed by atoms with Gasteiger partial charge in [-0.3, -0.25) is 0 Å². The highest BCUT2D eigenvalue weighted by atomic mass is 79.9. The van der Waals surface area contributed by atoms with Crippen molar-refractivity contribution < 1.29 is 0 Å². The third-order valence-electron chi connectivity index (χ3n) is 4.07. The van der Waals surface area contributed by atoms with Gasteiger partial charge >= 0.3 is 0 Å². The minimum atomic E-state index is 0.948. The molecule has 0 bridgehead atoms. The molecule has 1 aromatic carbocycles. The van der Waals surface area contributed by atoms with Gasteiger partial charge in [-0.1, -0.05) is 6.07 Å². The second kappa shape index (κ2) is 4.45. The summed E-state index contributed by atoms with van der Waals surface area (Å²) in [6.07, 6.45) is 5.44. The molecule has 0 unspecified atom stereocenters. The molecule has 0 amide bonds. The predicted molar refractivity (Wildman–Crippen MR) is 82.6 cm³/mol. The third-order valence-corrected chi connectivity index (χ3v) is 4.68. The first-order valence-electron chi connectivity index (χ1n) is 6.90. The first kappa shape index (κ1) is 12.1. The summed E-state index contributed by atoms with van der Waals surface area (Å²) in [5.74, 6) is 0. The van der Waals surface area contributed by atoms with Crippen molar-refractivity contribution in [2.45, 2.75) is 25.8 Å². The van der Waals surface area contributed by atoms with Gasteiger partial charge in [0.1, 0.15) is 0 Å². The van der Waals surface area contributed by atoms with Crippen LogP contribution in [0.25, 0.3) is 22.3 Å². The van der Waals surface area contributed by atoms with Gasteiger partial charge in [-0.2, -0.15) is 0 Å². The lowest BCUT2D eigenvalue weighted by molar-refractivity contribution is 0.525. The normalized spacial score (nSPS) is 14.7. The zero-order chi connectivity index (χ0) is 13.7. The Hall–Kier alpha value is -1.62. The summed E-state index contributed by atoms with van der Waals surface area (Å²) in [5, 5.41) is 0. The molecule has 0 N–H and O–H groups in total. The van der Waals surface area contributed by atoms with E-state index in [9.17, 15) is 0 Å². The number of hydrogen-bond acceptors (Lipinski definition) is 2. The van der Waals surface area contributed by atoms with Crippen molar-refractivity contribution in [2.24, 2.45) is 7.05 Å². The van der Waals surface area contributed by atoms with Gasteiger partial charge in [0.2, 0.25) is 0 Å². The molecule has 0 fully saturated rings. The van der Waals surface area contributed by atoms with E-state index in [0.29, 0.717) is 0 Å². The standard InChI is InChI=1S/C15H15BrN4/c1-19-9-17-11-8-10(5-6-12(11)19)14-13-4-2-3-7-20(13)15(16)18-14/h5-6,8-9H,2-4,7H2,1H3. The maximum Gasteiger partial charge on any atom is 0.177 e. The quantitative estimate of drug-likeness (QED) is 0.684. The van der Waals surface area contributed by atoms with Crippen molar-refractivity contribution in [3.8, 4) is 11.3 Å². The van der Waals surface area contributed by atoms with Gasteiger partial charge in [0.05, 0.1) is 23.1 Å². The minimum absolute atomic E-state index is 0.948. The third kappa shape index (κ3) is 1.73. The van der Waals surface area contributed by atoms with Gasteiger partial charge in [-0.25, -0.2) is 9.97 Å².